The molecule has 0 atom stereocenters. The first-order valence-corrected chi connectivity index (χ1v) is 17.0. The van der Waals surface area contributed by atoms with Crippen molar-refractivity contribution in [2.24, 2.45) is 0 Å². The van der Waals surface area contributed by atoms with Crippen molar-refractivity contribution < 1.29 is 19.1 Å². The SMILES string of the molecule is C=CCNC(=O)c1cnc(N2CCN(Cc3ccc(-c4[nH]c5cc(F)cc6c5c4CCNC6=O)cc3)CC2)nc1Nc1cccc(C(C)(C)O)n1. The van der Waals surface area contributed by atoms with E-state index in [-0.39, 0.29) is 17.4 Å². The molecule has 7 rings (SSSR count). The van der Waals surface area contributed by atoms with E-state index in [0.29, 0.717) is 67.0 Å². The smallest absolute Gasteiger partial charge is 0.256 e. The number of anilines is 3. The minimum absolute atomic E-state index is 0.252. The molecule has 51 heavy (non-hydrogen) atoms. The number of aliphatic hydroxyl groups is 1. The monoisotopic (exact) mass is 689 g/mol. The fourth-order valence-electron chi connectivity index (χ4n) is 6.59. The first kappa shape index (κ1) is 33.8. The lowest BCUT2D eigenvalue weighted by molar-refractivity contribution is 0.0739. The number of hydrogen-bond acceptors (Lipinski definition) is 9. The number of H-pyrrole nitrogens is 1. The Bertz CT molecular complexity index is 2120. The lowest BCUT2D eigenvalue weighted by atomic mass is 9.99. The summed E-state index contributed by atoms with van der Waals surface area (Å²) in [5.74, 6) is 0.217. The zero-order valence-electron chi connectivity index (χ0n) is 28.6. The molecule has 0 aliphatic carbocycles. The second kappa shape index (κ2) is 13.9. The van der Waals surface area contributed by atoms with Gasteiger partial charge in [0.25, 0.3) is 11.8 Å². The third-order valence-electron chi connectivity index (χ3n) is 9.23. The summed E-state index contributed by atoms with van der Waals surface area (Å²) in [5.41, 5.74) is 4.68. The first-order chi connectivity index (χ1) is 24.6. The average molecular weight is 690 g/mol. The number of hydrogen-bond donors (Lipinski definition) is 5. The maximum absolute atomic E-state index is 14.3. The molecule has 0 radical (unpaired) electrons. The molecule has 0 spiro atoms. The highest BCUT2D eigenvalue weighted by Crippen LogP contribution is 2.35. The maximum Gasteiger partial charge on any atom is 0.256 e. The van der Waals surface area contributed by atoms with Gasteiger partial charge in [0.05, 0.1) is 11.3 Å². The van der Waals surface area contributed by atoms with Crippen LogP contribution in [0.3, 0.4) is 0 Å². The summed E-state index contributed by atoms with van der Waals surface area (Å²) in [6, 6.07) is 16.4. The third-order valence-corrected chi connectivity index (χ3v) is 9.23. The van der Waals surface area contributed by atoms with Gasteiger partial charge < -0.3 is 30.9 Å². The normalized spacial score (nSPS) is 15.0. The van der Waals surface area contributed by atoms with Crippen LogP contribution in [0.1, 0.15) is 51.4 Å². The van der Waals surface area contributed by atoms with Gasteiger partial charge in [-0.3, -0.25) is 14.5 Å². The minimum atomic E-state index is -1.14. The Labute approximate surface area is 294 Å². The summed E-state index contributed by atoms with van der Waals surface area (Å²) < 4.78 is 14.3. The number of halogens is 1. The highest BCUT2D eigenvalue weighted by atomic mass is 19.1. The largest absolute Gasteiger partial charge is 0.384 e. The van der Waals surface area contributed by atoms with Crippen molar-refractivity contribution in [1.82, 2.24) is 35.5 Å². The molecule has 0 unspecified atom stereocenters. The fourth-order valence-corrected chi connectivity index (χ4v) is 6.59. The summed E-state index contributed by atoms with van der Waals surface area (Å²) >= 11 is 0. The van der Waals surface area contributed by atoms with E-state index in [1.54, 1.807) is 38.1 Å². The summed E-state index contributed by atoms with van der Waals surface area (Å²) in [7, 11) is 0. The second-order valence-corrected chi connectivity index (χ2v) is 13.3. The fraction of sp³-hybridized carbons (Fsp3) is 0.289. The molecule has 2 aliphatic rings. The minimum Gasteiger partial charge on any atom is -0.384 e. The van der Waals surface area contributed by atoms with Gasteiger partial charge in [-0.1, -0.05) is 36.4 Å². The van der Waals surface area contributed by atoms with E-state index in [9.17, 15) is 19.1 Å². The molecule has 1 saturated heterocycles. The van der Waals surface area contributed by atoms with Gasteiger partial charge >= 0.3 is 0 Å². The number of nitrogens with zero attached hydrogens (tertiary/aromatic N) is 5. The van der Waals surface area contributed by atoms with Crippen molar-refractivity contribution in [3.05, 3.63) is 107 Å². The van der Waals surface area contributed by atoms with Gasteiger partial charge in [-0.15, -0.1) is 6.58 Å². The zero-order chi connectivity index (χ0) is 35.7. The van der Waals surface area contributed by atoms with Crippen LogP contribution in [0.15, 0.2) is 73.4 Å². The highest BCUT2D eigenvalue weighted by molar-refractivity contribution is 6.10. The van der Waals surface area contributed by atoms with Gasteiger partial charge in [0.15, 0.2) is 0 Å². The lowest BCUT2D eigenvalue weighted by Gasteiger charge is -2.35. The second-order valence-electron chi connectivity index (χ2n) is 13.3. The topological polar surface area (TPSA) is 151 Å². The van der Waals surface area contributed by atoms with E-state index < -0.39 is 11.4 Å². The van der Waals surface area contributed by atoms with Gasteiger partial charge in [0, 0.05) is 68.6 Å². The number of rotatable bonds is 10. The molecule has 13 heteroatoms. The summed E-state index contributed by atoms with van der Waals surface area (Å²) in [6.45, 7) is 11.5. The van der Waals surface area contributed by atoms with E-state index in [2.05, 4.69) is 71.5 Å². The van der Waals surface area contributed by atoms with Gasteiger partial charge in [0.2, 0.25) is 5.95 Å². The van der Waals surface area contributed by atoms with Gasteiger partial charge in [-0.2, -0.15) is 4.98 Å². The van der Waals surface area contributed by atoms with Gasteiger partial charge in [0.1, 0.15) is 28.6 Å². The Balaban J connectivity index is 1.04. The van der Waals surface area contributed by atoms with E-state index in [1.807, 2.05) is 0 Å². The molecule has 2 aliphatic heterocycles. The Morgan fingerprint density at radius 1 is 1.10 bits per heavy atom. The molecule has 5 N–H and O–H groups in total. The van der Waals surface area contributed by atoms with E-state index in [0.717, 1.165) is 47.4 Å². The number of aromatic amines is 1. The van der Waals surface area contributed by atoms with Crippen LogP contribution < -0.4 is 20.9 Å². The van der Waals surface area contributed by atoms with Crippen molar-refractivity contribution in [3.8, 4) is 11.3 Å². The van der Waals surface area contributed by atoms with E-state index in [1.165, 1.54) is 18.3 Å². The van der Waals surface area contributed by atoms with Crippen molar-refractivity contribution in [2.45, 2.75) is 32.4 Å². The lowest BCUT2D eigenvalue weighted by Crippen LogP contribution is -2.46. The summed E-state index contributed by atoms with van der Waals surface area (Å²) in [4.78, 5) is 47.3. The maximum atomic E-state index is 14.3. The van der Waals surface area contributed by atoms with E-state index >= 15 is 0 Å². The Morgan fingerprint density at radius 2 is 1.88 bits per heavy atom. The number of amides is 2. The molecule has 0 bridgehead atoms. The molecule has 2 amide bonds. The summed E-state index contributed by atoms with van der Waals surface area (Å²) in [6.07, 6.45) is 3.78. The third kappa shape index (κ3) is 7.16. The highest BCUT2D eigenvalue weighted by Gasteiger charge is 2.25. The van der Waals surface area contributed by atoms with Crippen molar-refractivity contribution in [2.75, 3.05) is 49.5 Å². The number of pyridine rings is 1. The molecule has 0 saturated carbocycles. The van der Waals surface area contributed by atoms with Crippen molar-refractivity contribution in [3.63, 3.8) is 0 Å². The van der Waals surface area contributed by atoms with Crippen LogP contribution in [0.25, 0.3) is 22.2 Å². The number of carbonyl (C=O) groups excluding carboxylic acids is 2. The van der Waals surface area contributed by atoms with E-state index in [4.69, 9.17) is 4.98 Å². The van der Waals surface area contributed by atoms with Crippen LogP contribution in [-0.4, -0.2) is 81.0 Å². The molecule has 262 valence electrons. The number of nitrogens with one attached hydrogen (secondary N) is 4. The Kier molecular flexibility index (Phi) is 9.23. The van der Waals surface area contributed by atoms with Crippen LogP contribution in [0.2, 0.25) is 0 Å². The van der Waals surface area contributed by atoms with Crippen LogP contribution in [0.5, 0.6) is 0 Å². The first-order valence-electron chi connectivity index (χ1n) is 17.0. The average Bonchev–Trinajstić information content (AvgIpc) is 3.39. The quantitative estimate of drug-likeness (QED) is 0.132. The van der Waals surface area contributed by atoms with Crippen molar-refractivity contribution >= 4 is 40.3 Å². The number of aromatic nitrogens is 4. The van der Waals surface area contributed by atoms with Crippen molar-refractivity contribution in [1.29, 1.82) is 0 Å². The van der Waals surface area contributed by atoms with Crippen LogP contribution >= 0.6 is 0 Å². The molecular weight excluding hydrogens is 649 g/mol. The molecule has 3 aromatic heterocycles. The molecule has 5 heterocycles. The Hall–Kier alpha value is -5.66. The predicted molar refractivity (Wildman–Crippen MR) is 195 cm³/mol. The van der Waals surface area contributed by atoms with Crippen LogP contribution in [-0.2, 0) is 18.6 Å². The molecule has 2 aromatic carbocycles. The Morgan fingerprint density at radius 3 is 2.63 bits per heavy atom. The molecule has 1 fully saturated rings. The standard InChI is InChI=1S/C38H40FN9O3/c1-4-13-40-36(50)28-21-42-37(46-34(28)45-31-7-5-6-30(44-31)38(2,3)51)48-17-15-47(16-18-48)22-23-8-10-24(11-9-23)33-26-12-14-41-35(49)27-19-25(39)20-29(43-33)32(26)27/h4-11,19-21,43,51H,1,12-18,22H2,2-3H3,(H,40,50)(H,41,49)(H,42,44,45,46). The van der Waals surface area contributed by atoms with Gasteiger partial charge in [-0.25, -0.2) is 14.4 Å². The van der Waals surface area contributed by atoms with Gasteiger partial charge in [-0.05, 0) is 61.2 Å². The molecule has 5 aromatic rings. The molecule has 12 nitrogen and oxygen atoms in total. The van der Waals surface area contributed by atoms with Crippen LogP contribution in [0, 0.1) is 5.82 Å². The van der Waals surface area contributed by atoms with Crippen LogP contribution in [0.4, 0.5) is 22.0 Å². The predicted octanol–water partition coefficient (Wildman–Crippen LogP) is 4.65. The molecular formula is C38H40FN9O3. The zero-order valence-corrected chi connectivity index (χ0v) is 28.6. The number of carbonyl (C=O) groups is 2. The number of benzene rings is 2. The number of piperazine rings is 1. The summed E-state index contributed by atoms with van der Waals surface area (Å²) in [5, 5.41) is 20.1.